The van der Waals surface area contributed by atoms with Crippen LogP contribution in [0.3, 0.4) is 0 Å². The summed E-state index contributed by atoms with van der Waals surface area (Å²) in [7, 11) is 0. The molecule has 0 aromatic carbocycles. The maximum atomic E-state index is 11.3. The van der Waals surface area contributed by atoms with Crippen molar-refractivity contribution in [2.75, 3.05) is 31.1 Å². The minimum absolute atomic E-state index is 0.308. The van der Waals surface area contributed by atoms with Gasteiger partial charge in [-0.2, -0.15) is 0 Å². The van der Waals surface area contributed by atoms with Crippen molar-refractivity contribution in [3.8, 4) is 0 Å². The second-order valence-electron chi connectivity index (χ2n) is 7.07. The summed E-state index contributed by atoms with van der Waals surface area (Å²) in [4.78, 5) is 25.2. The SMILES string of the molecule is NC(=O)c1cc2sc(N3CCC(N4CCCCCC4)CC3)nc2cn1. The molecule has 2 saturated heterocycles. The number of fused-ring (bicyclic) bond motifs is 1. The number of carbonyl (C=O) groups is 1. The van der Waals surface area contributed by atoms with Crippen LogP contribution in [0.25, 0.3) is 10.2 Å². The summed E-state index contributed by atoms with van der Waals surface area (Å²) in [5, 5.41) is 1.03. The fourth-order valence-electron chi connectivity index (χ4n) is 3.97. The molecule has 6 nitrogen and oxygen atoms in total. The van der Waals surface area contributed by atoms with Crippen molar-refractivity contribution in [1.29, 1.82) is 0 Å². The monoisotopic (exact) mass is 359 g/mol. The average molecular weight is 359 g/mol. The van der Waals surface area contributed by atoms with E-state index in [1.54, 1.807) is 23.6 Å². The molecule has 2 fully saturated rings. The van der Waals surface area contributed by atoms with Gasteiger partial charge in [0.1, 0.15) is 11.2 Å². The highest BCUT2D eigenvalue weighted by molar-refractivity contribution is 7.22. The first-order chi connectivity index (χ1) is 12.2. The lowest BCUT2D eigenvalue weighted by Crippen LogP contribution is -2.45. The standard InChI is InChI=1S/C18H25N5OS/c19-17(24)14-11-16-15(12-20-14)21-18(25-16)23-9-5-13(6-10-23)22-7-3-1-2-4-8-22/h11-13H,1-10H2,(H2,19,24). The topological polar surface area (TPSA) is 75.4 Å². The van der Waals surface area contributed by atoms with Gasteiger partial charge >= 0.3 is 0 Å². The molecule has 2 N–H and O–H groups in total. The summed E-state index contributed by atoms with van der Waals surface area (Å²) >= 11 is 1.63. The van der Waals surface area contributed by atoms with Gasteiger partial charge in [0.05, 0.1) is 10.9 Å². The number of thiazole rings is 1. The van der Waals surface area contributed by atoms with Gasteiger partial charge < -0.3 is 15.5 Å². The normalized spacial score (nSPS) is 20.7. The number of amides is 1. The van der Waals surface area contributed by atoms with E-state index in [1.165, 1.54) is 51.6 Å². The van der Waals surface area contributed by atoms with Crippen LogP contribution in [0.1, 0.15) is 49.0 Å². The lowest BCUT2D eigenvalue weighted by molar-refractivity contribution is 0.0996. The third kappa shape index (κ3) is 3.62. The summed E-state index contributed by atoms with van der Waals surface area (Å²) in [6.07, 6.45) is 9.56. The highest BCUT2D eigenvalue weighted by Gasteiger charge is 2.26. The van der Waals surface area contributed by atoms with E-state index in [1.807, 2.05) is 0 Å². The number of nitrogens with zero attached hydrogens (tertiary/aromatic N) is 4. The number of aromatic nitrogens is 2. The molecule has 0 radical (unpaired) electrons. The Morgan fingerprint density at radius 2 is 1.84 bits per heavy atom. The molecule has 2 aromatic rings. The van der Waals surface area contributed by atoms with Gasteiger partial charge in [-0.3, -0.25) is 4.79 Å². The Hall–Kier alpha value is -1.73. The molecule has 4 heterocycles. The molecule has 2 aliphatic rings. The molecule has 134 valence electrons. The third-order valence-electron chi connectivity index (χ3n) is 5.41. The zero-order valence-electron chi connectivity index (χ0n) is 14.5. The highest BCUT2D eigenvalue weighted by atomic mass is 32.1. The predicted molar refractivity (Wildman–Crippen MR) is 101 cm³/mol. The summed E-state index contributed by atoms with van der Waals surface area (Å²) in [5.74, 6) is -0.491. The van der Waals surface area contributed by atoms with Crippen molar-refractivity contribution < 1.29 is 4.79 Å². The maximum Gasteiger partial charge on any atom is 0.267 e. The van der Waals surface area contributed by atoms with Gasteiger partial charge in [0, 0.05) is 19.1 Å². The summed E-state index contributed by atoms with van der Waals surface area (Å²) in [6.45, 7) is 4.65. The van der Waals surface area contributed by atoms with Gasteiger partial charge in [-0.15, -0.1) is 0 Å². The zero-order valence-corrected chi connectivity index (χ0v) is 15.3. The fourth-order valence-corrected chi connectivity index (χ4v) is 5.00. The molecule has 25 heavy (non-hydrogen) atoms. The van der Waals surface area contributed by atoms with Gasteiger partial charge in [-0.05, 0) is 44.8 Å². The van der Waals surface area contributed by atoms with Crippen LogP contribution < -0.4 is 10.6 Å². The molecule has 7 heteroatoms. The zero-order chi connectivity index (χ0) is 17.2. The molecule has 2 aliphatic heterocycles. The van der Waals surface area contributed by atoms with E-state index in [0.717, 1.165) is 34.5 Å². The van der Waals surface area contributed by atoms with Crippen LogP contribution in [0.5, 0.6) is 0 Å². The van der Waals surface area contributed by atoms with Crippen molar-refractivity contribution in [1.82, 2.24) is 14.9 Å². The van der Waals surface area contributed by atoms with Crippen LogP contribution >= 0.6 is 11.3 Å². The predicted octanol–water partition coefficient (Wildman–Crippen LogP) is 2.64. The molecule has 0 spiro atoms. The first-order valence-corrected chi connectivity index (χ1v) is 10.1. The van der Waals surface area contributed by atoms with E-state index in [2.05, 4.69) is 14.8 Å². The Balaban J connectivity index is 1.43. The number of rotatable bonds is 3. The van der Waals surface area contributed by atoms with E-state index in [0.29, 0.717) is 5.69 Å². The van der Waals surface area contributed by atoms with Gasteiger partial charge in [-0.25, -0.2) is 9.97 Å². The maximum absolute atomic E-state index is 11.3. The van der Waals surface area contributed by atoms with Gasteiger partial charge in [0.2, 0.25) is 0 Å². The molecule has 2 aromatic heterocycles. The molecule has 1 amide bonds. The molecular weight excluding hydrogens is 334 g/mol. The Morgan fingerprint density at radius 3 is 2.52 bits per heavy atom. The first-order valence-electron chi connectivity index (χ1n) is 9.26. The molecule has 0 bridgehead atoms. The van der Waals surface area contributed by atoms with E-state index in [-0.39, 0.29) is 0 Å². The van der Waals surface area contributed by atoms with Crippen LogP contribution in [0.4, 0.5) is 5.13 Å². The van der Waals surface area contributed by atoms with Crippen molar-refractivity contribution in [2.24, 2.45) is 5.73 Å². The van der Waals surface area contributed by atoms with E-state index >= 15 is 0 Å². The van der Waals surface area contributed by atoms with Gasteiger partial charge in [0.15, 0.2) is 5.13 Å². The van der Waals surface area contributed by atoms with Gasteiger partial charge in [0.25, 0.3) is 5.91 Å². The number of hydrogen-bond acceptors (Lipinski definition) is 6. The first kappa shape index (κ1) is 16.7. The summed E-state index contributed by atoms with van der Waals surface area (Å²) in [5.41, 5.74) is 6.47. The number of pyridine rings is 1. The highest BCUT2D eigenvalue weighted by Crippen LogP contribution is 2.31. The smallest absolute Gasteiger partial charge is 0.267 e. The largest absolute Gasteiger partial charge is 0.364 e. The number of likely N-dealkylation sites (tertiary alicyclic amines) is 1. The number of primary amides is 1. The Kier molecular flexibility index (Phi) is 4.85. The lowest BCUT2D eigenvalue weighted by atomic mass is 10.0. The van der Waals surface area contributed by atoms with Crippen molar-refractivity contribution in [3.63, 3.8) is 0 Å². The van der Waals surface area contributed by atoms with Crippen molar-refractivity contribution >= 4 is 32.6 Å². The number of anilines is 1. The lowest BCUT2D eigenvalue weighted by Gasteiger charge is -2.38. The molecule has 0 saturated carbocycles. The number of hydrogen-bond donors (Lipinski definition) is 1. The van der Waals surface area contributed by atoms with Crippen LogP contribution in [-0.4, -0.2) is 53.0 Å². The van der Waals surface area contributed by atoms with Crippen molar-refractivity contribution in [2.45, 2.75) is 44.6 Å². The second kappa shape index (κ2) is 7.25. The Labute approximate surface area is 152 Å². The quantitative estimate of drug-likeness (QED) is 0.912. The molecule has 0 atom stereocenters. The van der Waals surface area contributed by atoms with Crippen LogP contribution in [0.2, 0.25) is 0 Å². The van der Waals surface area contributed by atoms with Gasteiger partial charge in [-0.1, -0.05) is 24.2 Å². The summed E-state index contributed by atoms with van der Waals surface area (Å²) in [6, 6.07) is 2.48. The number of piperidine rings is 1. The van der Waals surface area contributed by atoms with E-state index in [9.17, 15) is 4.79 Å². The van der Waals surface area contributed by atoms with E-state index < -0.39 is 5.91 Å². The van der Waals surface area contributed by atoms with E-state index in [4.69, 9.17) is 10.7 Å². The molecule has 0 aliphatic carbocycles. The number of carbonyl (C=O) groups excluding carboxylic acids is 1. The van der Waals surface area contributed by atoms with Crippen LogP contribution in [0, 0.1) is 0 Å². The van der Waals surface area contributed by atoms with Crippen LogP contribution in [-0.2, 0) is 0 Å². The summed E-state index contributed by atoms with van der Waals surface area (Å²) < 4.78 is 0.980. The Morgan fingerprint density at radius 1 is 1.12 bits per heavy atom. The number of nitrogens with two attached hydrogens (primary N) is 1. The third-order valence-corrected chi connectivity index (χ3v) is 6.49. The minimum atomic E-state index is -0.491. The Bertz CT molecular complexity index is 745. The molecule has 0 unspecified atom stereocenters. The molecule has 4 rings (SSSR count). The fraction of sp³-hybridized carbons (Fsp3) is 0.611. The second-order valence-corrected chi connectivity index (χ2v) is 8.08. The molecular formula is C18H25N5OS. The van der Waals surface area contributed by atoms with Crippen LogP contribution in [0.15, 0.2) is 12.3 Å². The average Bonchev–Trinajstić information content (AvgIpc) is 2.87. The minimum Gasteiger partial charge on any atom is -0.364 e. The van der Waals surface area contributed by atoms with Crippen molar-refractivity contribution in [3.05, 3.63) is 18.0 Å².